The van der Waals surface area contributed by atoms with Crippen LogP contribution in [0.3, 0.4) is 0 Å². The largest absolute Gasteiger partial charge is 0.476 e. The zero-order valence-corrected chi connectivity index (χ0v) is 65.7. The number of aromatic nitrogens is 8. The fourth-order valence-electron chi connectivity index (χ4n) is 15.1. The second-order valence-corrected chi connectivity index (χ2v) is 29.9. The first-order valence-corrected chi connectivity index (χ1v) is 38.6. The number of ketones is 3. The number of halogens is 3. The zero-order valence-electron chi connectivity index (χ0n) is 65.7. The van der Waals surface area contributed by atoms with Crippen molar-refractivity contribution in [1.29, 1.82) is 0 Å². The summed E-state index contributed by atoms with van der Waals surface area (Å²) in [6.07, 6.45) is 8.15. The first-order chi connectivity index (χ1) is 54.7. The molecule has 7 aromatic carbocycles. The van der Waals surface area contributed by atoms with Crippen LogP contribution in [0.1, 0.15) is 257 Å². The Morgan fingerprint density at radius 2 is 0.702 bits per heavy atom. The normalized spacial score (nSPS) is 15.7. The lowest BCUT2D eigenvalue weighted by molar-refractivity contribution is 0.0686. The minimum absolute atomic E-state index is 0.0182. The summed E-state index contributed by atoms with van der Waals surface area (Å²) in [6, 6.07) is 42.7. The first kappa shape index (κ1) is 81.1. The summed E-state index contributed by atoms with van der Waals surface area (Å²) in [4.78, 5) is 85.9. The number of carboxylic acids is 1. The molecule has 590 valence electrons. The summed E-state index contributed by atoms with van der Waals surface area (Å²) in [7, 11) is 0. The number of aryl methyl sites for hydroxylation is 3. The number of fused-ring (bicyclic) bond motifs is 4. The fourth-order valence-corrected chi connectivity index (χ4v) is 15.1. The number of hydrogen-bond acceptors (Lipinski definition) is 14. The lowest BCUT2D eigenvalue weighted by Gasteiger charge is -2.18. The molecule has 2 aliphatic carbocycles. The van der Waals surface area contributed by atoms with E-state index in [0.717, 1.165) is 154 Å². The highest BCUT2D eigenvalue weighted by atomic mass is 19.1. The molecule has 6 heterocycles. The summed E-state index contributed by atoms with van der Waals surface area (Å²) in [6.45, 7) is 21.5. The Labute approximate surface area is 660 Å². The van der Waals surface area contributed by atoms with Crippen molar-refractivity contribution in [3.05, 3.63) is 281 Å². The standard InChI is InChI=1S/C25H26FN3O2.C24H25FN4O2.C23H23FN4O3.C17H21N3O/c1-15-7-10-19(26)13-22(15)25(31)27-14-18-8-11-20(12-9-18)29-24(17(3)30)21-6-4-5-16(2)23(21)28-29;1-14-4-7-18(25)12-20(14)24(31)27-13-17-5-8-19(9-6-17)29-23(16(3)30)22-21(28-29)15(2)10-11-26-22;1-13-3-6-16(24)11-18(13)22(29)26-12-15-4-7-17(8-5-15)28-21(23(30)31)20-19(27-28)14(2)9-10-25-20;1-11-4-3-5-15-16(11)19-20(17(15)12(2)21)14-8-6-13(10-18)7-9-14/h7-13,16H,4-6,14H2,1-3H3,(H,27,31);4-9,12,15,26H,10-11,13H2,1-3H3,(H,27,31);3-8,11,14,25H,9-10,12H2,1-2H3,(H,26,29)(H,30,31);6-9,11H,3-5,10,18H2,1-2H3. The molecule has 114 heavy (non-hydrogen) atoms. The van der Waals surface area contributed by atoms with Crippen molar-refractivity contribution in [2.75, 3.05) is 23.7 Å². The van der Waals surface area contributed by atoms with E-state index in [0.29, 0.717) is 83.0 Å². The van der Waals surface area contributed by atoms with Crippen LogP contribution in [0, 0.1) is 38.2 Å². The predicted molar refractivity (Wildman–Crippen MR) is 432 cm³/mol. The van der Waals surface area contributed by atoms with Crippen LogP contribution in [-0.2, 0) is 39.0 Å². The Morgan fingerprint density at radius 1 is 0.412 bits per heavy atom. The average molecular weight is 1550 g/mol. The van der Waals surface area contributed by atoms with E-state index in [4.69, 9.17) is 21.0 Å². The van der Waals surface area contributed by atoms with Gasteiger partial charge in [-0.15, -0.1) is 0 Å². The van der Waals surface area contributed by atoms with E-state index in [-0.39, 0.29) is 59.1 Å². The van der Waals surface area contributed by atoms with Crippen molar-refractivity contribution in [2.45, 2.75) is 170 Å². The molecular formula is C89H95F3N14O8. The zero-order chi connectivity index (χ0) is 81.3. The molecule has 0 saturated carbocycles. The van der Waals surface area contributed by atoms with Gasteiger partial charge in [-0.25, -0.2) is 36.7 Å². The first-order valence-electron chi connectivity index (χ1n) is 38.6. The van der Waals surface area contributed by atoms with Gasteiger partial charge >= 0.3 is 5.97 Å². The number of hydrogen-bond donors (Lipinski definition) is 7. The molecule has 22 nitrogen and oxygen atoms in total. The average Bonchev–Trinajstić information content (AvgIpc) is 1.64. The van der Waals surface area contributed by atoms with Crippen LogP contribution in [0.4, 0.5) is 24.5 Å². The Morgan fingerprint density at radius 3 is 1.02 bits per heavy atom. The number of aromatic carboxylic acids is 1. The van der Waals surface area contributed by atoms with Crippen molar-refractivity contribution < 1.29 is 51.8 Å². The Balaban J connectivity index is 0.000000142. The number of carbonyl (C=O) groups is 7. The third kappa shape index (κ3) is 18.1. The van der Waals surface area contributed by atoms with Crippen LogP contribution < -0.4 is 32.3 Å². The number of carbonyl (C=O) groups excluding carboxylic acids is 6. The second kappa shape index (κ2) is 35.5. The van der Waals surface area contributed by atoms with E-state index < -0.39 is 23.4 Å². The molecule has 4 aromatic heterocycles. The van der Waals surface area contributed by atoms with Crippen molar-refractivity contribution in [3.63, 3.8) is 0 Å². The monoisotopic (exact) mass is 1540 g/mol. The SMILES string of the molecule is CC(=O)c1c2c(nn1-c1ccc(CN)cc1)C(C)CCC2.CC(=O)c1c2c(nn1-c1ccc(CNC(=O)c3cc(F)ccc3C)cc1)C(C)CCC2.CC(=O)c1c2c(nn1-c1ccc(CNC(=O)c3cc(F)ccc3C)cc1)C(C)CCN2.Cc1ccc(F)cc1C(=O)NCc1ccc(-n2nc3c(c2C(=O)O)NCCC3C)cc1. The minimum Gasteiger partial charge on any atom is -0.476 e. The number of anilines is 2. The van der Waals surface area contributed by atoms with Crippen molar-refractivity contribution in [3.8, 4) is 22.7 Å². The number of amides is 3. The van der Waals surface area contributed by atoms with E-state index in [9.17, 15) is 51.8 Å². The van der Waals surface area contributed by atoms with Crippen LogP contribution in [0.15, 0.2) is 152 Å². The molecule has 25 heteroatoms. The highest BCUT2D eigenvalue weighted by Crippen LogP contribution is 2.39. The fraction of sp³-hybridized carbons (Fsp3) is 0.315. The van der Waals surface area contributed by atoms with Crippen LogP contribution in [0.25, 0.3) is 22.7 Å². The third-order valence-corrected chi connectivity index (χ3v) is 21.5. The van der Waals surface area contributed by atoms with Gasteiger partial charge in [0.15, 0.2) is 23.0 Å². The van der Waals surface area contributed by atoms with Gasteiger partial charge in [0.05, 0.1) is 56.9 Å². The second-order valence-electron chi connectivity index (χ2n) is 29.9. The number of nitrogens with two attached hydrogens (primary N) is 1. The molecular weight excluding hydrogens is 1450 g/mol. The molecule has 8 N–H and O–H groups in total. The van der Waals surface area contributed by atoms with E-state index in [1.54, 1.807) is 93.4 Å². The van der Waals surface area contributed by atoms with Crippen LogP contribution in [0.5, 0.6) is 0 Å². The topological polar surface area (TPSA) is 297 Å². The smallest absolute Gasteiger partial charge is 0.356 e. The maximum absolute atomic E-state index is 13.5. The summed E-state index contributed by atoms with van der Waals surface area (Å²) >= 11 is 0. The van der Waals surface area contributed by atoms with Crippen molar-refractivity contribution in [2.24, 2.45) is 5.73 Å². The number of carboxylic acid groups (broad SMARTS) is 1. The van der Waals surface area contributed by atoms with Gasteiger partial charge < -0.3 is 37.4 Å². The van der Waals surface area contributed by atoms with Crippen molar-refractivity contribution >= 4 is 52.4 Å². The van der Waals surface area contributed by atoms with E-state index in [1.807, 2.05) is 84.4 Å². The Kier molecular flexibility index (Phi) is 25.3. The number of nitrogens with zero attached hydrogens (tertiary/aromatic N) is 8. The van der Waals surface area contributed by atoms with Crippen LogP contribution >= 0.6 is 0 Å². The molecule has 4 unspecified atom stereocenters. The number of Topliss-reactive ketones (excluding diaryl/α,β-unsaturated/α-hetero) is 3. The lowest BCUT2D eigenvalue weighted by Crippen LogP contribution is -2.23. The van der Waals surface area contributed by atoms with Gasteiger partial charge in [0.1, 0.15) is 34.5 Å². The molecule has 15 rings (SSSR count). The van der Waals surface area contributed by atoms with Gasteiger partial charge in [0, 0.05) is 112 Å². The van der Waals surface area contributed by atoms with Crippen LogP contribution in [0.2, 0.25) is 0 Å². The molecule has 0 spiro atoms. The summed E-state index contributed by atoms with van der Waals surface area (Å²) in [5, 5.41) is 43.4. The highest BCUT2D eigenvalue weighted by Gasteiger charge is 2.33. The van der Waals surface area contributed by atoms with Gasteiger partial charge in [-0.05, 0) is 196 Å². The van der Waals surface area contributed by atoms with E-state index in [2.05, 4.69) is 52.5 Å². The summed E-state index contributed by atoms with van der Waals surface area (Å²) < 4.78 is 47.1. The number of benzene rings is 7. The number of nitrogens with one attached hydrogen (secondary N) is 5. The third-order valence-electron chi connectivity index (χ3n) is 21.5. The summed E-state index contributed by atoms with van der Waals surface area (Å²) in [5.41, 5.74) is 25.1. The van der Waals surface area contributed by atoms with E-state index in [1.165, 1.54) is 41.1 Å². The maximum atomic E-state index is 13.5. The van der Waals surface area contributed by atoms with Gasteiger partial charge in [0.2, 0.25) is 0 Å². The predicted octanol–water partition coefficient (Wildman–Crippen LogP) is 16.1. The molecule has 11 aromatic rings. The van der Waals surface area contributed by atoms with Crippen molar-refractivity contribution in [1.82, 2.24) is 55.1 Å². The minimum atomic E-state index is -1.04. The Bertz CT molecular complexity index is 5010. The Hall–Kier alpha value is -12.4. The molecule has 2 aliphatic heterocycles. The molecule has 0 saturated heterocycles. The molecule has 3 amide bonds. The van der Waals surface area contributed by atoms with Gasteiger partial charge in [-0.2, -0.15) is 20.4 Å². The van der Waals surface area contributed by atoms with Crippen LogP contribution in [-0.4, -0.2) is 98.4 Å². The van der Waals surface area contributed by atoms with Gasteiger partial charge in [0.25, 0.3) is 17.7 Å². The summed E-state index contributed by atoms with van der Waals surface area (Å²) in [5.74, 6) is -2.06. The van der Waals surface area contributed by atoms with Gasteiger partial charge in [-0.3, -0.25) is 28.8 Å². The van der Waals surface area contributed by atoms with E-state index >= 15 is 0 Å². The van der Waals surface area contributed by atoms with Gasteiger partial charge in [-0.1, -0.05) is 94.4 Å². The molecule has 0 radical (unpaired) electrons. The molecule has 4 atom stereocenters. The molecule has 0 bridgehead atoms. The maximum Gasteiger partial charge on any atom is 0.356 e. The lowest BCUT2D eigenvalue weighted by atomic mass is 9.87. The molecule has 4 aliphatic rings. The molecule has 0 fully saturated rings. The number of rotatable bonds is 18. The highest BCUT2D eigenvalue weighted by molar-refractivity contribution is 6.00. The quantitative estimate of drug-likeness (QED) is 0.0393.